The molecule has 0 amide bonds. The number of fused-ring (bicyclic) bond motifs is 1. The standard InChI is InChI=1S/C15H18N2O4/c1-8(2)13(15(20)21-4)17-9(3)16-11-6-5-10(14(18)19)7-12(11)17/h5-8,13H,1-4H3,(H,18,19). The van der Waals surface area contributed by atoms with Gasteiger partial charge < -0.3 is 14.4 Å². The van der Waals surface area contributed by atoms with E-state index in [0.29, 0.717) is 16.9 Å². The highest BCUT2D eigenvalue weighted by molar-refractivity contribution is 5.93. The Hall–Kier alpha value is -2.37. The number of carboxylic acids is 1. The Labute approximate surface area is 122 Å². The molecule has 6 nitrogen and oxygen atoms in total. The van der Waals surface area contributed by atoms with Gasteiger partial charge in [-0.05, 0) is 31.0 Å². The summed E-state index contributed by atoms with van der Waals surface area (Å²) in [5, 5.41) is 9.12. The number of carboxylic acid groups (broad SMARTS) is 1. The molecule has 0 aliphatic heterocycles. The van der Waals surface area contributed by atoms with E-state index in [9.17, 15) is 9.59 Å². The summed E-state index contributed by atoms with van der Waals surface area (Å²) < 4.78 is 6.62. The van der Waals surface area contributed by atoms with E-state index in [4.69, 9.17) is 9.84 Å². The van der Waals surface area contributed by atoms with Crippen LogP contribution in [0.2, 0.25) is 0 Å². The van der Waals surface area contributed by atoms with Gasteiger partial charge in [-0.1, -0.05) is 13.8 Å². The van der Waals surface area contributed by atoms with Crippen LogP contribution in [0.1, 0.15) is 36.1 Å². The molecule has 112 valence electrons. The fourth-order valence-electron chi connectivity index (χ4n) is 2.49. The van der Waals surface area contributed by atoms with Crippen molar-refractivity contribution in [2.45, 2.75) is 26.8 Å². The summed E-state index contributed by atoms with van der Waals surface area (Å²) in [6.07, 6.45) is 0. The van der Waals surface area contributed by atoms with Gasteiger partial charge in [-0.15, -0.1) is 0 Å². The maximum Gasteiger partial charge on any atom is 0.335 e. The fourth-order valence-corrected chi connectivity index (χ4v) is 2.49. The molecule has 0 radical (unpaired) electrons. The first-order chi connectivity index (χ1) is 9.86. The lowest BCUT2D eigenvalue weighted by atomic mass is 10.0. The zero-order valence-corrected chi connectivity index (χ0v) is 12.5. The number of aryl methyl sites for hydroxylation is 1. The molecule has 0 saturated carbocycles. The van der Waals surface area contributed by atoms with Crippen molar-refractivity contribution in [1.82, 2.24) is 9.55 Å². The first-order valence-electron chi connectivity index (χ1n) is 6.66. The van der Waals surface area contributed by atoms with Crippen LogP contribution in [0, 0.1) is 12.8 Å². The van der Waals surface area contributed by atoms with Crippen molar-refractivity contribution in [3.05, 3.63) is 29.6 Å². The molecule has 1 unspecified atom stereocenters. The lowest BCUT2D eigenvalue weighted by Gasteiger charge is -2.22. The second-order valence-corrected chi connectivity index (χ2v) is 5.25. The molecule has 21 heavy (non-hydrogen) atoms. The molecule has 0 spiro atoms. The third-order valence-corrected chi connectivity index (χ3v) is 3.47. The molecule has 1 atom stereocenters. The third-order valence-electron chi connectivity index (χ3n) is 3.47. The number of esters is 1. The Morgan fingerprint density at radius 2 is 2.00 bits per heavy atom. The molecular weight excluding hydrogens is 272 g/mol. The Morgan fingerprint density at radius 3 is 2.52 bits per heavy atom. The molecule has 1 heterocycles. The lowest BCUT2D eigenvalue weighted by Crippen LogP contribution is -2.26. The highest BCUT2D eigenvalue weighted by atomic mass is 16.5. The molecule has 1 N–H and O–H groups in total. The zero-order valence-electron chi connectivity index (χ0n) is 12.5. The van der Waals surface area contributed by atoms with Gasteiger partial charge in [0.25, 0.3) is 0 Å². The average molecular weight is 290 g/mol. The second-order valence-electron chi connectivity index (χ2n) is 5.25. The topological polar surface area (TPSA) is 81.4 Å². The van der Waals surface area contributed by atoms with E-state index in [1.54, 1.807) is 17.6 Å². The number of methoxy groups -OCH3 is 1. The monoisotopic (exact) mass is 290 g/mol. The van der Waals surface area contributed by atoms with Crippen LogP contribution in [0.5, 0.6) is 0 Å². The summed E-state index contributed by atoms with van der Waals surface area (Å²) in [6, 6.07) is 4.15. The summed E-state index contributed by atoms with van der Waals surface area (Å²) in [7, 11) is 1.34. The molecule has 2 rings (SSSR count). The molecule has 0 aliphatic rings. The van der Waals surface area contributed by atoms with Crippen LogP contribution in [-0.4, -0.2) is 33.7 Å². The molecule has 0 aliphatic carbocycles. The molecule has 0 bridgehead atoms. The summed E-state index contributed by atoms with van der Waals surface area (Å²) in [5.41, 5.74) is 1.44. The van der Waals surface area contributed by atoms with E-state index in [0.717, 1.165) is 0 Å². The number of nitrogens with zero attached hydrogens (tertiary/aromatic N) is 2. The van der Waals surface area contributed by atoms with Crippen molar-refractivity contribution in [2.24, 2.45) is 5.92 Å². The van der Waals surface area contributed by atoms with Gasteiger partial charge in [0.05, 0.1) is 23.7 Å². The van der Waals surface area contributed by atoms with Gasteiger partial charge in [-0.25, -0.2) is 14.6 Å². The lowest BCUT2D eigenvalue weighted by molar-refractivity contribution is -0.145. The summed E-state index contributed by atoms with van der Waals surface area (Å²) >= 11 is 0. The van der Waals surface area contributed by atoms with E-state index >= 15 is 0 Å². The zero-order chi connectivity index (χ0) is 15.7. The first-order valence-corrected chi connectivity index (χ1v) is 6.66. The van der Waals surface area contributed by atoms with Crippen molar-refractivity contribution in [3.8, 4) is 0 Å². The molecule has 1 aromatic carbocycles. The molecule has 2 aromatic rings. The van der Waals surface area contributed by atoms with Gasteiger partial charge in [0.1, 0.15) is 11.9 Å². The number of aromatic carboxylic acids is 1. The number of hydrogen-bond donors (Lipinski definition) is 1. The van der Waals surface area contributed by atoms with Crippen LogP contribution in [0.25, 0.3) is 11.0 Å². The van der Waals surface area contributed by atoms with Gasteiger partial charge in [-0.2, -0.15) is 0 Å². The molecular formula is C15H18N2O4. The predicted octanol–water partition coefficient (Wildman–Crippen LogP) is 2.41. The minimum atomic E-state index is -1.01. The van der Waals surface area contributed by atoms with Crippen molar-refractivity contribution in [1.29, 1.82) is 0 Å². The second kappa shape index (κ2) is 5.55. The van der Waals surface area contributed by atoms with Gasteiger partial charge in [-0.3, -0.25) is 0 Å². The predicted molar refractivity (Wildman–Crippen MR) is 77.3 cm³/mol. The SMILES string of the molecule is COC(=O)C(C(C)C)n1c(C)nc2ccc(C(=O)O)cc21. The summed E-state index contributed by atoms with van der Waals surface area (Å²) in [4.78, 5) is 27.6. The maximum atomic E-state index is 12.1. The van der Waals surface area contributed by atoms with Crippen molar-refractivity contribution < 1.29 is 19.4 Å². The molecule has 0 saturated heterocycles. The van der Waals surface area contributed by atoms with Gasteiger partial charge in [0.2, 0.25) is 0 Å². The number of carbonyl (C=O) groups is 2. The van der Waals surface area contributed by atoms with Crippen LogP contribution >= 0.6 is 0 Å². The maximum absolute atomic E-state index is 12.1. The molecule has 6 heteroatoms. The van der Waals surface area contributed by atoms with Crippen LogP contribution in [0.15, 0.2) is 18.2 Å². The van der Waals surface area contributed by atoms with Crippen molar-refractivity contribution >= 4 is 23.0 Å². The highest BCUT2D eigenvalue weighted by Gasteiger charge is 2.28. The van der Waals surface area contributed by atoms with E-state index in [1.165, 1.54) is 19.2 Å². The Bertz CT molecular complexity index is 703. The highest BCUT2D eigenvalue weighted by Crippen LogP contribution is 2.27. The summed E-state index contributed by atoms with van der Waals surface area (Å²) in [5.74, 6) is -0.742. The average Bonchev–Trinajstić information content (AvgIpc) is 2.74. The van der Waals surface area contributed by atoms with E-state index in [-0.39, 0.29) is 17.5 Å². The third kappa shape index (κ3) is 2.61. The number of ether oxygens (including phenoxy) is 1. The minimum absolute atomic E-state index is 0.0120. The smallest absolute Gasteiger partial charge is 0.335 e. The number of hydrogen-bond acceptors (Lipinski definition) is 4. The van der Waals surface area contributed by atoms with Crippen molar-refractivity contribution in [2.75, 3.05) is 7.11 Å². The van der Waals surface area contributed by atoms with Crippen LogP contribution < -0.4 is 0 Å². The number of aromatic nitrogens is 2. The Balaban J connectivity index is 2.71. The molecule has 0 fully saturated rings. The first kappa shape index (κ1) is 15.0. The number of benzene rings is 1. The largest absolute Gasteiger partial charge is 0.478 e. The Kier molecular flexibility index (Phi) is 3.97. The minimum Gasteiger partial charge on any atom is -0.478 e. The molecule has 1 aromatic heterocycles. The van der Waals surface area contributed by atoms with E-state index < -0.39 is 12.0 Å². The number of imidazole rings is 1. The quantitative estimate of drug-likeness (QED) is 0.874. The van der Waals surface area contributed by atoms with Crippen LogP contribution in [-0.2, 0) is 9.53 Å². The number of rotatable bonds is 4. The van der Waals surface area contributed by atoms with Gasteiger partial charge in [0.15, 0.2) is 0 Å². The summed E-state index contributed by atoms with van der Waals surface area (Å²) in [6.45, 7) is 5.61. The van der Waals surface area contributed by atoms with Gasteiger partial charge in [0, 0.05) is 0 Å². The van der Waals surface area contributed by atoms with Crippen LogP contribution in [0.4, 0.5) is 0 Å². The van der Waals surface area contributed by atoms with Crippen LogP contribution in [0.3, 0.4) is 0 Å². The number of carbonyl (C=O) groups excluding carboxylic acids is 1. The van der Waals surface area contributed by atoms with E-state index in [2.05, 4.69) is 4.98 Å². The van der Waals surface area contributed by atoms with Gasteiger partial charge >= 0.3 is 11.9 Å². The van der Waals surface area contributed by atoms with Crippen molar-refractivity contribution in [3.63, 3.8) is 0 Å². The normalized spacial score (nSPS) is 12.6. The fraction of sp³-hybridized carbons (Fsp3) is 0.400. The Morgan fingerprint density at radius 1 is 1.33 bits per heavy atom. The van der Waals surface area contributed by atoms with E-state index in [1.807, 2.05) is 13.8 Å².